The Bertz CT molecular complexity index is 531. The number of fused-ring (bicyclic) bond motifs is 1. The van der Waals surface area contributed by atoms with E-state index in [2.05, 4.69) is 15.0 Å². The summed E-state index contributed by atoms with van der Waals surface area (Å²) in [6.07, 6.45) is 9.81. The lowest BCUT2D eigenvalue weighted by Crippen LogP contribution is -2.12. The molecule has 0 saturated heterocycles. The molecule has 0 unspecified atom stereocenters. The molecule has 88 valence electrons. The van der Waals surface area contributed by atoms with Crippen molar-refractivity contribution >= 4 is 0 Å². The second-order valence-electron chi connectivity index (χ2n) is 4.25. The van der Waals surface area contributed by atoms with Crippen LogP contribution in [0.5, 0.6) is 0 Å². The van der Waals surface area contributed by atoms with Gasteiger partial charge in [-0.25, -0.2) is 9.97 Å². The quantitative estimate of drug-likeness (QED) is 0.834. The number of imidazole rings is 1. The highest BCUT2D eigenvalue weighted by Crippen LogP contribution is 2.22. The van der Waals surface area contributed by atoms with Crippen LogP contribution in [0.1, 0.15) is 29.9 Å². The monoisotopic (exact) mass is 229 g/mol. The molecule has 1 aliphatic carbocycles. The Kier molecular flexibility index (Phi) is 2.60. The highest BCUT2D eigenvalue weighted by molar-refractivity contribution is 5.33. The molecule has 5 nitrogen and oxygen atoms in total. The lowest BCUT2D eigenvalue weighted by atomic mass is 10.0. The van der Waals surface area contributed by atoms with Crippen molar-refractivity contribution < 1.29 is 0 Å². The van der Waals surface area contributed by atoms with E-state index in [1.165, 1.54) is 24.2 Å². The maximum absolute atomic E-state index is 5.70. The van der Waals surface area contributed by atoms with Crippen LogP contribution in [-0.2, 0) is 19.4 Å². The average molecular weight is 229 g/mol. The van der Waals surface area contributed by atoms with Gasteiger partial charge in [0.05, 0.1) is 11.4 Å². The SMILES string of the molecule is NCc1nccnc1-n1cnc2c1CCCC2. The second-order valence-corrected chi connectivity index (χ2v) is 4.25. The van der Waals surface area contributed by atoms with E-state index < -0.39 is 0 Å². The molecule has 1 aliphatic rings. The van der Waals surface area contributed by atoms with Crippen LogP contribution < -0.4 is 5.73 Å². The first-order valence-corrected chi connectivity index (χ1v) is 5.95. The molecule has 3 rings (SSSR count). The largest absolute Gasteiger partial charge is 0.325 e. The molecular weight excluding hydrogens is 214 g/mol. The van der Waals surface area contributed by atoms with Gasteiger partial charge in [-0.2, -0.15) is 0 Å². The van der Waals surface area contributed by atoms with Gasteiger partial charge < -0.3 is 5.73 Å². The molecule has 0 aromatic carbocycles. The third-order valence-electron chi connectivity index (χ3n) is 3.20. The summed E-state index contributed by atoms with van der Waals surface area (Å²) in [5.74, 6) is 0.825. The Morgan fingerprint density at radius 1 is 1.12 bits per heavy atom. The summed E-state index contributed by atoms with van der Waals surface area (Å²) < 4.78 is 2.05. The van der Waals surface area contributed by atoms with E-state index in [4.69, 9.17) is 5.73 Å². The third-order valence-corrected chi connectivity index (χ3v) is 3.20. The van der Waals surface area contributed by atoms with Crippen molar-refractivity contribution in [2.45, 2.75) is 32.2 Å². The molecule has 17 heavy (non-hydrogen) atoms. The molecule has 0 amide bonds. The van der Waals surface area contributed by atoms with Crippen LogP contribution in [0, 0.1) is 0 Å². The van der Waals surface area contributed by atoms with Gasteiger partial charge in [-0.05, 0) is 25.7 Å². The molecule has 0 bridgehead atoms. The Balaban J connectivity index is 2.12. The minimum Gasteiger partial charge on any atom is -0.325 e. The van der Waals surface area contributed by atoms with Crippen molar-refractivity contribution in [2.75, 3.05) is 0 Å². The van der Waals surface area contributed by atoms with Gasteiger partial charge in [0.25, 0.3) is 0 Å². The Hall–Kier alpha value is -1.75. The van der Waals surface area contributed by atoms with Crippen LogP contribution in [0.15, 0.2) is 18.7 Å². The molecule has 2 aromatic heterocycles. The number of aryl methyl sites for hydroxylation is 1. The molecule has 0 atom stereocenters. The molecule has 0 fully saturated rings. The maximum Gasteiger partial charge on any atom is 0.161 e. The Morgan fingerprint density at radius 2 is 1.94 bits per heavy atom. The fourth-order valence-corrected chi connectivity index (χ4v) is 2.36. The minimum atomic E-state index is 0.399. The summed E-state index contributed by atoms with van der Waals surface area (Å²) in [6, 6.07) is 0. The smallest absolute Gasteiger partial charge is 0.161 e. The van der Waals surface area contributed by atoms with E-state index in [1.807, 2.05) is 10.9 Å². The fourth-order valence-electron chi connectivity index (χ4n) is 2.36. The highest BCUT2D eigenvalue weighted by atomic mass is 15.1. The van der Waals surface area contributed by atoms with E-state index in [1.54, 1.807) is 12.4 Å². The Morgan fingerprint density at radius 3 is 2.82 bits per heavy atom. The number of hydrogen-bond acceptors (Lipinski definition) is 4. The molecule has 5 heteroatoms. The summed E-state index contributed by atoms with van der Waals surface area (Å²) in [6.45, 7) is 0.399. The fraction of sp³-hybridized carbons (Fsp3) is 0.417. The minimum absolute atomic E-state index is 0.399. The van der Waals surface area contributed by atoms with Gasteiger partial charge in [0.1, 0.15) is 6.33 Å². The van der Waals surface area contributed by atoms with Crippen molar-refractivity contribution in [1.29, 1.82) is 0 Å². The van der Waals surface area contributed by atoms with E-state index in [0.29, 0.717) is 6.54 Å². The zero-order valence-electron chi connectivity index (χ0n) is 9.63. The summed E-state index contributed by atoms with van der Waals surface area (Å²) in [5.41, 5.74) is 8.98. The van der Waals surface area contributed by atoms with Gasteiger partial charge in [-0.1, -0.05) is 0 Å². The van der Waals surface area contributed by atoms with E-state index in [0.717, 1.165) is 24.4 Å². The molecule has 2 aromatic rings. The maximum atomic E-state index is 5.70. The lowest BCUT2D eigenvalue weighted by molar-refractivity contribution is 0.652. The van der Waals surface area contributed by atoms with Gasteiger partial charge in [-0.3, -0.25) is 9.55 Å². The second kappa shape index (κ2) is 4.25. The Labute approximate surface area is 99.7 Å². The van der Waals surface area contributed by atoms with E-state index in [9.17, 15) is 0 Å². The average Bonchev–Trinajstić information content (AvgIpc) is 2.82. The number of aromatic nitrogens is 4. The van der Waals surface area contributed by atoms with Crippen LogP contribution in [0.25, 0.3) is 5.82 Å². The standard InChI is InChI=1S/C12H15N5/c13-7-10-12(15-6-5-14-10)17-8-16-9-3-1-2-4-11(9)17/h5-6,8H,1-4,7,13H2. The molecule has 0 spiro atoms. The van der Waals surface area contributed by atoms with Gasteiger partial charge in [-0.15, -0.1) is 0 Å². The van der Waals surface area contributed by atoms with Gasteiger partial charge in [0.15, 0.2) is 5.82 Å². The van der Waals surface area contributed by atoms with Gasteiger partial charge in [0.2, 0.25) is 0 Å². The van der Waals surface area contributed by atoms with E-state index in [-0.39, 0.29) is 0 Å². The molecule has 0 aliphatic heterocycles. The normalized spacial score (nSPS) is 14.6. The molecule has 0 radical (unpaired) electrons. The number of nitrogens with zero attached hydrogens (tertiary/aromatic N) is 4. The van der Waals surface area contributed by atoms with Crippen LogP contribution >= 0.6 is 0 Å². The third kappa shape index (κ3) is 1.72. The van der Waals surface area contributed by atoms with Gasteiger partial charge >= 0.3 is 0 Å². The molecule has 2 heterocycles. The van der Waals surface area contributed by atoms with Crippen LogP contribution in [0.3, 0.4) is 0 Å². The first kappa shape index (κ1) is 10.4. The summed E-state index contributed by atoms with van der Waals surface area (Å²) >= 11 is 0. The topological polar surface area (TPSA) is 69.6 Å². The van der Waals surface area contributed by atoms with Crippen molar-refractivity contribution in [1.82, 2.24) is 19.5 Å². The van der Waals surface area contributed by atoms with Crippen molar-refractivity contribution in [2.24, 2.45) is 5.73 Å². The summed E-state index contributed by atoms with van der Waals surface area (Å²) in [5, 5.41) is 0. The predicted octanol–water partition coefficient (Wildman–Crippen LogP) is 1.000. The summed E-state index contributed by atoms with van der Waals surface area (Å²) in [7, 11) is 0. The first-order chi connectivity index (χ1) is 8.40. The number of hydrogen-bond donors (Lipinski definition) is 1. The molecular formula is C12H15N5. The zero-order chi connectivity index (χ0) is 11.7. The predicted molar refractivity (Wildman–Crippen MR) is 63.7 cm³/mol. The van der Waals surface area contributed by atoms with Crippen molar-refractivity contribution in [3.8, 4) is 5.82 Å². The van der Waals surface area contributed by atoms with Crippen LogP contribution in [-0.4, -0.2) is 19.5 Å². The number of nitrogens with two attached hydrogens (primary N) is 1. The van der Waals surface area contributed by atoms with Crippen molar-refractivity contribution in [3.63, 3.8) is 0 Å². The zero-order valence-corrected chi connectivity index (χ0v) is 9.63. The van der Waals surface area contributed by atoms with Crippen LogP contribution in [0.4, 0.5) is 0 Å². The molecule has 2 N–H and O–H groups in total. The first-order valence-electron chi connectivity index (χ1n) is 5.95. The van der Waals surface area contributed by atoms with Crippen molar-refractivity contribution in [3.05, 3.63) is 35.8 Å². The summed E-state index contributed by atoms with van der Waals surface area (Å²) in [4.78, 5) is 13.1. The van der Waals surface area contributed by atoms with E-state index >= 15 is 0 Å². The van der Waals surface area contributed by atoms with Gasteiger partial charge in [0, 0.05) is 24.6 Å². The molecule has 0 saturated carbocycles. The highest BCUT2D eigenvalue weighted by Gasteiger charge is 2.18. The lowest BCUT2D eigenvalue weighted by Gasteiger charge is -2.14. The number of rotatable bonds is 2. The van der Waals surface area contributed by atoms with Crippen LogP contribution in [0.2, 0.25) is 0 Å².